The van der Waals surface area contributed by atoms with Crippen molar-refractivity contribution in [3.05, 3.63) is 35.9 Å². The Morgan fingerprint density at radius 1 is 1.17 bits per heavy atom. The number of hydrogen-bond donors (Lipinski definition) is 1. The first-order valence-electron chi connectivity index (χ1n) is 6.37. The Kier molecular flexibility index (Phi) is 5.82. The summed E-state index contributed by atoms with van der Waals surface area (Å²) in [7, 11) is -1.20. The van der Waals surface area contributed by atoms with E-state index in [0.29, 0.717) is 5.92 Å². The summed E-state index contributed by atoms with van der Waals surface area (Å²) in [5, 5.41) is 3.08. The fraction of sp³-hybridized carbons (Fsp3) is 0.571. The quantitative estimate of drug-likeness (QED) is 0.827. The maximum absolute atomic E-state index is 12.0. The highest BCUT2D eigenvalue weighted by Crippen LogP contribution is 2.16. The number of nitrogens with one attached hydrogen (secondary N) is 1. The molecule has 0 radical (unpaired) electrons. The second-order valence-electron chi connectivity index (χ2n) is 5.05. The predicted octanol–water partition coefficient (Wildman–Crippen LogP) is 2.41. The van der Waals surface area contributed by atoms with Crippen LogP contribution in [0.25, 0.3) is 0 Å². The molecule has 0 aliphatic rings. The van der Waals surface area contributed by atoms with Gasteiger partial charge in [0.2, 0.25) is 0 Å². The van der Waals surface area contributed by atoms with E-state index in [1.54, 1.807) is 7.05 Å². The molecule has 1 N–H and O–H groups in total. The Morgan fingerprint density at radius 2 is 1.78 bits per heavy atom. The highest BCUT2D eigenvalue weighted by Gasteiger charge is 2.19. The molecule has 102 valence electrons. The largest absolute Gasteiger partial charge is 0.312 e. The zero-order valence-corrected chi connectivity index (χ0v) is 12.2. The van der Waals surface area contributed by atoms with E-state index >= 15 is 0 Å². The maximum atomic E-state index is 12.0. The van der Waals surface area contributed by atoms with Gasteiger partial charge < -0.3 is 5.32 Å². The zero-order chi connectivity index (χ0) is 13.6. The van der Waals surface area contributed by atoms with Crippen LogP contribution in [0.5, 0.6) is 0 Å². The van der Waals surface area contributed by atoms with Crippen LogP contribution >= 0.6 is 0 Å². The van der Waals surface area contributed by atoms with Crippen LogP contribution in [0.1, 0.15) is 31.9 Å². The Morgan fingerprint density at radius 3 is 2.28 bits per heavy atom. The minimum atomic E-state index is -3.00. The molecule has 3 nitrogen and oxygen atoms in total. The Balaban J connectivity index is 2.69. The van der Waals surface area contributed by atoms with E-state index in [2.05, 4.69) is 5.32 Å². The molecule has 1 aromatic carbocycles. The van der Waals surface area contributed by atoms with Gasteiger partial charge in [-0.15, -0.1) is 0 Å². The molecule has 0 saturated carbocycles. The van der Waals surface area contributed by atoms with Gasteiger partial charge in [0.05, 0.1) is 11.5 Å². The van der Waals surface area contributed by atoms with E-state index in [1.807, 2.05) is 44.2 Å². The third kappa shape index (κ3) is 5.19. The van der Waals surface area contributed by atoms with Gasteiger partial charge in [-0.3, -0.25) is 0 Å². The normalized spacial score (nSPS) is 13.8. The zero-order valence-electron chi connectivity index (χ0n) is 11.4. The first kappa shape index (κ1) is 15.2. The fourth-order valence-corrected chi connectivity index (χ4v) is 3.65. The van der Waals surface area contributed by atoms with E-state index < -0.39 is 9.84 Å². The van der Waals surface area contributed by atoms with Gasteiger partial charge >= 0.3 is 0 Å². The molecule has 1 rings (SSSR count). The summed E-state index contributed by atoms with van der Waals surface area (Å²) in [5.41, 5.74) is 1.02. The van der Waals surface area contributed by atoms with Gasteiger partial charge in [-0.2, -0.15) is 0 Å². The van der Waals surface area contributed by atoms with Crippen molar-refractivity contribution in [1.29, 1.82) is 0 Å². The molecule has 18 heavy (non-hydrogen) atoms. The van der Waals surface area contributed by atoms with Crippen LogP contribution in [0, 0.1) is 5.92 Å². The molecule has 0 aliphatic heterocycles. The third-order valence-corrected chi connectivity index (χ3v) is 4.68. The van der Waals surface area contributed by atoms with E-state index in [9.17, 15) is 8.42 Å². The highest BCUT2D eigenvalue weighted by molar-refractivity contribution is 7.91. The summed E-state index contributed by atoms with van der Waals surface area (Å²) < 4.78 is 24.1. The van der Waals surface area contributed by atoms with Crippen molar-refractivity contribution in [3.63, 3.8) is 0 Å². The molecular weight excluding hydrogens is 246 g/mol. The number of rotatable bonds is 7. The standard InChI is InChI=1S/C14H23NO2S/c1-12(2)9-10-18(16,17)11-14(15-3)13-7-5-4-6-8-13/h4-8,12,14-15H,9-11H2,1-3H3. The van der Waals surface area contributed by atoms with E-state index in [4.69, 9.17) is 0 Å². The van der Waals surface area contributed by atoms with Crippen LogP contribution < -0.4 is 5.32 Å². The minimum absolute atomic E-state index is 0.122. The maximum Gasteiger partial charge on any atom is 0.152 e. The third-order valence-electron chi connectivity index (χ3n) is 2.98. The number of hydrogen-bond acceptors (Lipinski definition) is 3. The van der Waals surface area contributed by atoms with Gasteiger partial charge in [-0.1, -0.05) is 44.2 Å². The van der Waals surface area contributed by atoms with Gasteiger partial charge in [-0.25, -0.2) is 8.42 Å². The Labute approximate surface area is 111 Å². The van der Waals surface area contributed by atoms with Crippen molar-refractivity contribution >= 4 is 9.84 Å². The summed E-state index contributed by atoms with van der Waals surface area (Å²) in [6, 6.07) is 9.59. The average Bonchev–Trinajstić information content (AvgIpc) is 2.35. The smallest absolute Gasteiger partial charge is 0.152 e. The van der Waals surface area contributed by atoms with Crippen molar-refractivity contribution in [2.45, 2.75) is 26.3 Å². The van der Waals surface area contributed by atoms with Crippen LogP contribution in [0.2, 0.25) is 0 Å². The summed E-state index contributed by atoms with van der Waals surface area (Å²) in [6.07, 6.45) is 0.730. The van der Waals surface area contributed by atoms with Crippen molar-refractivity contribution < 1.29 is 8.42 Å². The van der Waals surface area contributed by atoms with E-state index in [1.165, 1.54) is 0 Å². The number of sulfone groups is 1. The monoisotopic (exact) mass is 269 g/mol. The second-order valence-corrected chi connectivity index (χ2v) is 7.28. The van der Waals surface area contributed by atoms with Crippen LogP contribution in [0.3, 0.4) is 0 Å². The lowest BCUT2D eigenvalue weighted by Crippen LogP contribution is -2.27. The topological polar surface area (TPSA) is 46.2 Å². The van der Waals surface area contributed by atoms with Gasteiger partial charge in [0.15, 0.2) is 9.84 Å². The molecule has 4 heteroatoms. The molecule has 0 aliphatic carbocycles. The lowest BCUT2D eigenvalue weighted by molar-refractivity contribution is 0.558. The van der Waals surface area contributed by atoms with Gasteiger partial charge in [0, 0.05) is 6.04 Å². The predicted molar refractivity (Wildman–Crippen MR) is 76.4 cm³/mol. The lowest BCUT2D eigenvalue weighted by atomic mass is 10.1. The molecule has 0 heterocycles. The van der Waals surface area contributed by atoms with Crippen LogP contribution in [0.4, 0.5) is 0 Å². The molecule has 1 unspecified atom stereocenters. The molecule has 0 aromatic heterocycles. The van der Waals surface area contributed by atoms with Crippen molar-refractivity contribution in [2.75, 3.05) is 18.6 Å². The van der Waals surface area contributed by atoms with E-state index in [0.717, 1.165) is 12.0 Å². The van der Waals surface area contributed by atoms with Gasteiger partial charge in [0.25, 0.3) is 0 Å². The van der Waals surface area contributed by atoms with Crippen LogP contribution in [-0.2, 0) is 9.84 Å². The highest BCUT2D eigenvalue weighted by atomic mass is 32.2. The van der Waals surface area contributed by atoms with Crippen molar-refractivity contribution in [1.82, 2.24) is 5.32 Å². The molecule has 0 spiro atoms. The molecule has 1 aromatic rings. The molecule has 0 saturated heterocycles. The second kappa shape index (κ2) is 6.90. The molecule has 0 bridgehead atoms. The Bertz CT molecular complexity index is 440. The Hall–Kier alpha value is -0.870. The summed E-state index contributed by atoms with van der Waals surface area (Å²) in [4.78, 5) is 0. The summed E-state index contributed by atoms with van der Waals surface area (Å²) in [5.74, 6) is 0.861. The fourth-order valence-electron chi connectivity index (χ4n) is 1.78. The first-order chi connectivity index (χ1) is 8.44. The first-order valence-corrected chi connectivity index (χ1v) is 8.19. The summed E-state index contributed by atoms with van der Waals surface area (Å²) >= 11 is 0. The average molecular weight is 269 g/mol. The van der Waals surface area contributed by atoms with Gasteiger partial charge in [0.1, 0.15) is 0 Å². The van der Waals surface area contributed by atoms with Crippen LogP contribution in [-0.4, -0.2) is 27.0 Å². The van der Waals surface area contributed by atoms with Crippen LogP contribution in [0.15, 0.2) is 30.3 Å². The van der Waals surface area contributed by atoms with Crippen molar-refractivity contribution in [2.24, 2.45) is 5.92 Å². The summed E-state index contributed by atoms with van der Waals surface area (Å²) in [6.45, 7) is 4.09. The number of benzene rings is 1. The molecule has 1 atom stereocenters. The molecular formula is C14H23NO2S. The SMILES string of the molecule is CNC(CS(=O)(=O)CCC(C)C)c1ccccc1. The van der Waals surface area contributed by atoms with Crippen molar-refractivity contribution in [3.8, 4) is 0 Å². The molecule has 0 amide bonds. The van der Waals surface area contributed by atoms with Gasteiger partial charge in [-0.05, 0) is 24.9 Å². The minimum Gasteiger partial charge on any atom is -0.312 e. The van der Waals surface area contributed by atoms with E-state index in [-0.39, 0.29) is 17.5 Å². The lowest BCUT2D eigenvalue weighted by Gasteiger charge is -2.17. The molecule has 0 fully saturated rings.